The first-order chi connectivity index (χ1) is 12.3. The average Bonchev–Trinajstić information content (AvgIpc) is 2.59. The minimum atomic E-state index is -3.44. The van der Waals surface area contributed by atoms with E-state index >= 15 is 0 Å². The molecule has 0 aliphatic heterocycles. The van der Waals surface area contributed by atoms with E-state index in [4.69, 9.17) is 5.73 Å². The van der Waals surface area contributed by atoms with Gasteiger partial charge < -0.3 is 11.1 Å². The number of nitrogens with two attached hydrogens (primary N) is 1. The van der Waals surface area contributed by atoms with Crippen LogP contribution in [0.5, 0.6) is 0 Å². The van der Waals surface area contributed by atoms with Crippen molar-refractivity contribution >= 4 is 15.9 Å². The molecule has 6 nitrogen and oxygen atoms in total. The van der Waals surface area contributed by atoms with Crippen molar-refractivity contribution in [2.45, 2.75) is 38.2 Å². The van der Waals surface area contributed by atoms with E-state index in [0.717, 1.165) is 11.1 Å². The van der Waals surface area contributed by atoms with Crippen molar-refractivity contribution in [2.24, 2.45) is 5.73 Å². The molecule has 0 bridgehead atoms. The van der Waals surface area contributed by atoms with Crippen LogP contribution in [0.4, 0.5) is 0 Å². The zero-order valence-corrected chi connectivity index (χ0v) is 15.8. The number of hydrogen-bond acceptors (Lipinski definition) is 4. The number of benzene rings is 2. The van der Waals surface area contributed by atoms with E-state index in [2.05, 4.69) is 10.0 Å². The Morgan fingerprint density at radius 2 is 1.58 bits per heavy atom. The van der Waals surface area contributed by atoms with Crippen LogP contribution >= 0.6 is 0 Å². The Balaban J connectivity index is 2.05. The normalized spacial score (nSPS) is 12.8. The summed E-state index contributed by atoms with van der Waals surface area (Å²) in [7, 11) is -3.44. The van der Waals surface area contributed by atoms with Gasteiger partial charge in [-0.15, -0.1) is 0 Å². The molecule has 0 aromatic heterocycles. The van der Waals surface area contributed by atoms with Gasteiger partial charge in [0.15, 0.2) is 0 Å². The Kier molecular flexibility index (Phi) is 6.90. The van der Waals surface area contributed by atoms with Crippen LogP contribution in [-0.2, 0) is 27.1 Å². The van der Waals surface area contributed by atoms with Gasteiger partial charge in [0.05, 0.1) is 5.75 Å². The minimum absolute atomic E-state index is 0.137. The largest absolute Gasteiger partial charge is 0.350 e. The van der Waals surface area contributed by atoms with Gasteiger partial charge in [-0.1, -0.05) is 54.6 Å². The Labute approximate surface area is 154 Å². The van der Waals surface area contributed by atoms with Crippen molar-refractivity contribution in [3.8, 4) is 0 Å². The van der Waals surface area contributed by atoms with Crippen molar-refractivity contribution in [2.75, 3.05) is 0 Å². The van der Waals surface area contributed by atoms with Crippen molar-refractivity contribution in [3.05, 3.63) is 71.3 Å². The molecule has 0 spiro atoms. The van der Waals surface area contributed by atoms with Crippen LogP contribution in [0.2, 0.25) is 0 Å². The summed E-state index contributed by atoms with van der Waals surface area (Å²) in [4.78, 5) is 12.3. The van der Waals surface area contributed by atoms with Crippen molar-refractivity contribution in [1.82, 2.24) is 10.0 Å². The Bertz CT molecular complexity index is 836. The first-order valence-electron chi connectivity index (χ1n) is 8.43. The molecular formula is C19H25N3O3S. The van der Waals surface area contributed by atoms with E-state index in [0.29, 0.717) is 5.56 Å². The molecule has 0 saturated carbocycles. The van der Waals surface area contributed by atoms with E-state index in [1.165, 1.54) is 0 Å². The van der Waals surface area contributed by atoms with Crippen LogP contribution in [-0.4, -0.2) is 20.4 Å². The van der Waals surface area contributed by atoms with Gasteiger partial charge in [0.1, 0.15) is 6.04 Å². The summed E-state index contributed by atoms with van der Waals surface area (Å²) in [6.45, 7) is 3.76. The molecule has 0 heterocycles. The van der Waals surface area contributed by atoms with Gasteiger partial charge in [-0.3, -0.25) is 4.79 Å². The lowest BCUT2D eigenvalue weighted by Gasteiger charge is -2.15. The quantitative estimate of drug-likeness (QED) is 0.655. The lowest BCUT2D eigenvalue weighted by atomic mass is 10.1. The first-order valence-corrected chi connectivity index (χ1v) is 10.1. The maximum absolute atomic E-state index is 12.3. The second-order valence-corrected chi connectivity index (χ2v) is 8.16. The number of carbonyl (C=O) groups excluding carboxylic acids is 1. The van der Waals surface area contributed by atoms with E-state index < -0.39 is 16.1 Å². The van der Waals surface area contributed by atoms with Gasteiger partial charge in [0, 0.05) is 12.6 Å². The molecule has 4 N–H and O–H groups in total. The van der Waals surface area contributed by atoms with Crippen LogP contribution in [0.25, 0.3) is 0 Å². The SMILES string of the molecule is CC(C)NS(=O)(=O)Cc1ccccc1CNC(=O)C(N)c1ccccc1. The summed E-state index contributed by atoms with van der Waals surface area (Å²) in [5.74, 6) is -0.448. The monoisotopic (exact) mass is 375 g/mol. The highest BCUT2D eigenvalue weighted by Crippen LogP contribution is 2.14. The van der Waals surface area contributed by atoms with E-state index in [1.807, 2.05) is 24.3 Å². The molecule has 1 unspecified atom stereocenters. The van der Waals surface area contributed by atoms with Crippen molar-refractivity contribution < 1.29 is 13.2 Å². The maximum Gasteiger partial charge on any atom is 0.241 e. The van der Waals surface area contributed by atoms with E-state index in [9.17, 15) is 13.2 Å². The number of rotatable bonds is 8. The molecular weight excluding hydrogens is 350 g/mol. The summed E-state index contributed by atoms with van der Waals surface area (Å²) in [6, 6.07) is 15.3. The molecule has 2 aromatic rings. The molecule has 7 heteroatoms. The van der Waals surface area contributed by atoms with Crippen LogP contribution in [0.15, 0.2) is 54.6 Å². The van der Waals surface area contributed by atoms with Crippen molar-refractivity contribution in [3.63, 3.8) is 0 Å². The fourth-order valence-corrected chi connectivity index (χ4v) is 4.07. The third-order valence-electron chi connectivity index (χ3n) is 3.77. The molecule has 0 saturated heterocycles. The van der Waals surface area contributed by atoms with Gasteiger partial charge >= 0.3 is 0 Å². The molecule has 140 valence electrons. The molecule has 2 aromatic carbocycles. The summed E-state index contributed by atoms with van der Waals surface area (Å²) in [5.41, 5.74) is 8.10. The minimum Gasteiger partial charge on any atom is -0.350 e. The third kappa shape index (κ3) is 5.94. The summed E-state index contributed by atoms with van der Waals surface area (Å²) < 4.78 is 26.9. The van der Waals surface area contributed by atoms with Crippen LogP contribution < -0.4 is 15.8 Å². The molecule has 0 fully saturated rings. The summed E-state index contributed by atoms with van der Waals surface area (Å²) >= 11 is 0. The molecule has 0 aliphatic carbocycles. The molecule has 2 rings (SSSR count). The topological polar surface area (TPSA) is 101 Å². The van der Waals surface area contributed by atoms with E-state index in [1.54, 1.807) is 44.2 Å². The second kappa shape index (κ2) is 8.93. The highest BCUT2D eigenvalue weighted by atomic mass is 32.2. The van der Waals surface area contributed by atoms with E-state index in [-0.39, 0.29) is 24.2 Å². The highest BCUT2D eigenvalue weighted by molar-refractivity contribution is 7.88. The number of amides is 1. The average molecular weight is 375 g/mol. The summed E-state index contributed by atoms with van der Waals surface area (Å²) in [6.07, 6.45) is 0. The fraction of sp³-hybridized carbons (Fsp3) is 0.316. The van der Waals surface area contributed by atoms with Gasteiger partial charge in [-0.05, 0) is 30.5 Å². The zero-order chi connectivity index (χ0) is 19.2. The lowest BCUT2D eigenvalue weighted by molar-refractivity contribution is -0.122. The molecule has 1 atom stereocenters. The van der Waals surface area contributed by atoms with Gasteiger partial charge in [0.25, 0.3) is 0 Å². The molecule has 1 amide bonds. The predicted molar refractivity (Wildman–Crippen MR) is 103 cm³/mol. The lowest BCUT2D eigenvalue weighted by Crippen LogP contribution is -2.34. The Morgan fingerprint density at radius 1 is 1.00 bits per heavy atom. The third-order valence-corrected chi connectivity index (χ3v) is 5.29. The Hall–Kier alpha value is -2.22. The first kappa shape index (κ1) is 20.1. The number of hydrogen-bond donors (Lipinski definition) is 3. The Morgan fingerprint density at radius 3 is 2.19 bits per heavy atom. The van der Waals surface area contributed by atoms with Crippen molar-refractivity contribution in [1.29, 1.82) is 0 Å². The predicted octanol–water partition coefficient (Wildman–Crippen LogP) is 1.83. The molecule has 0 aliphatic rings. The smallest absolute Gasteiger partial charge is 0.241 e. The number of carbonyl (C=O) groups is 1. The number of sulfonamides is 1. The second-order valence-electron chi connectivity index (χ2n) is 6.41. The number of nitrogens with one attached hydrogen (secondary N) is 2. The van der Waals surface area contributed by atoms with Crippen LogP contribution in [0.3, 0.4) is 0 Å². The standard InChI is InChI=1S/C19H25N3O3S/c1-14(2)22-26(24,25)13-17-11-7-6-10-16(17)12-21-19(23)18(20)15-8-4-3-5-9-15/h3-11,14,18,22H,12-13,20H2,1-2H3,(H,21,23). The van der Waals surface area contributed by atoms with Crippen LogP contribution in [0, 0.1) is 0 Å². The molecule has 26 heavy (non-hydrogen) atoms. The zero-order valence-electron chi connectivity index (χ0n) is 15.0. The van der Waals surface area contributed by atoms with Gasteiger partial charge in [-0.25, -0.2) is 13.1 Å². The molecule has 0 radical (unpaired) electrons. The highest BCUT2D eigenvalue weighted by Gasteiger charge is 2.18. The fourth-order valence-electron chi connectivity index (χ4n) is 2.58. The van der Waals surface area contributed by atoms with Crippen LogP contribution in [0.1, 0.15) is 36.6 Å². The maximum atomic E-state index is 12.3. The summed E-state index contributed by atoms with van der Waals surface area (Å²) in [5, 5.41) is 2.78. The van der Waals surface area contributed by atoms with Gasteiger partial charge in [-0.2, -0.15) is 0 Å². The van der Waals surface area contributed by atoms with Gasteiger partial charge in [0.2, 0.25) is 15.9 Å².